The minimum Gasteiger partial charge on any atom is -0.370 e. The van der Waals surface area contributed by atoms with E-state index in [1.165, 1.54) is 45.3 Å². The van der Waals surface area contributed by atoms with Crippen LogP contribution in [0.3, 0.4) is 0 Å². The monoisotopic (exact) mass is 295 g/mol. The molecule has 0 aromatic carbocycles. The van der Waals surface area contributed by atoms with Crippen LogP contribution < -0.4 is 11.1 Å². The third-order valence-electron chi connectivity index (χ3n) is 4.77. The van der Waals surface area contributed by atoms with Gasteiger partial charge in [-0.05, 0) is 57.8 Å². The first kappa shape index (κ1) is 16.6. The first-order valence-electron chi connectivity index (χ1n) is 8.69. The van der Waals surface area contributed by atoms with E-state index in [-0.39, 0.29) is 0 Å². The molecule has 2 aliphatic rings. The first-order chi connectivity index (χ1) is 10.2. The molecule has 2 atom stereocenters. The third-order valence-corrected chi connectivity index (χ3v) is 4.77. The average Bonchev–Trinajstić information content (AvgIpc) is 3.13. The van der Waals surface area contributed by atoms with Crippen molar-refractivity contribution in [2.24, 2.45) is 16.6 Å². The quantitative estimate of drug-likeness (QED) is 0.546. The van der Waals surface area contributed by atoms with E-state index in [2.05, 4.69) is 34.0 Å². The van der Waals surface area contributed by atoms with Gasteiger partial charge in [-0.25, -0.2) is 0 Å². The highest BCUT2D eigenvalue weighted by Crippen LogP contribution is 2.15. The van der Waals surface area contributed by atoms with Gasteiger partial charge in [-0.3, -0.25) is 9.89 Å². The molecule has 2 saturated heterocycles. The third kappa shape index (κ3) is 5.47. The summed E-state index contributed by atoms with van der Waals surface area (Å²) < 4.78 is 0. The number of aliphatic imine (C=N–C) groups is 1. The van der Waals surface area contributed by atoms with E-state index in [9.17, 15) is 0 Å². The Bertz CT molecular complexity index is 325. The van der Waals surface area contributed by atoms with E-state index >= 15 is 0 Å². The Kier molecular flexibility index (Phi) is 6.77. The summed E-state index contributed by atoms with van der Waals surface area (Å²) in [5.74, 6) is 1.20. The fourth-order valence-corrected chi connectivity index (χ4v) is 3.54. The molecule has 2 aliphatic heterocycles. The molecule has 21 heavy (non-hydrogen) atoms. The average molecular weight is 295 g/mol. The molecule has 0 aromatic heterocycles. The van der Waals surface area contributed by atoms with Crippen LogP contribution in [0.4, 0.5) is 0 Å². The number of nitrogens with one attached hydrogen (secondary N) is 1. The van der Waals surface area contributed by atoms with Gasteiger partial charge in [0.05, 0.1) is 0 Å². The molecule has 0 saturated carbocycles. The van der Waals surface area contributed by atoms with E-state index < -0.39 is 0 Å². The Balaban J connectivity index is 1.63. The van der Waals surface area contributed by atoms with E-state index in [4.69, 9.17) is 5.73 Å². The molecule has 2 rings (SSSR count). The lowest BCUT2D eigenvalue weighted by molar-refractivity contribution is 0.267. The fourth-order valence-electron chi connectivity index (χ4n) is 3.54. The number of nitrogens with two attached hydrogens (primary N) is 1. The van der Waals surface area contributed by atoms with E-state index in [1.54, 1.807) is 0 Å². The second-order valence-electron chi connectivity index (χ2n) is 6.64. The van der Waals surface area contributed by atoms with Crippen molar-refractivity contribution in [3.63, 3.8) is 0 Å². The molecule has 0 bridgehead atoms. The number of nitrogens with zero attached hydrogens (tertiary/aromatic N) is 3. The van der Waals surface area contributed by atoms with Gasteiger partial charge in [0.2, 0.25) is 0 Å². The summed E-state index contributed by atoms with van der Waals surface area (Å²) in [7, 11) is 0. The fraction of sp³-hybridized carbons (Fsp3) is 0.938. The van der Waals surface area contributed by atoms with Gasteiger partial charge in [-0.1, -0.05) is 13.8 Å². The summed E-state index contributed by atoms with van der Waals surface area (Å²) in [6.45, 7) is 12.3. The van der Waals surface area contributed by atoms with Crippen LogP contribution in [-0.2, 0) is 0 Å². The Morgan fingerprint density at radius 3 is 2.76 bits per heavy atom. The summed E-state index contributed by atoms with van der Waals surface area (Å²) in [4.78, 5) is 9.58. The predicted molar refractivity (Wildman–Crippen MR) is 89.6 cm³/mol. The minimum atomic E-state index is 0.585. The van der Waals surface area contributed by atoms with Gasteiger partial charge in [0.15, 0.2) is 5.96 Å². The highest BCUT2D eigenvalue weighted by Gasteiger charge is 2.22. The van der Waals surface area contributed by atoms with Crippen LogP contribution >= 0.6 is 0 Å². The molecule has 122 valence electrons. The van der Waals surface area contributed by atoms with Crippen LogP contribution in [-0.4, -0.2) is 67.6 Å². The standard InChI is InChI=1S/C16H33N5/c1-3-21-10-6-7-15(21)12-19-16(17)18-11-14(2)13-20-8-4-5-9-20/h14-15H,3-13H2,1-2H3,(H3,17,18,19). The second kappa shape index (κ2) is 8.59. The Labute approximate surface area is 130 Å². The van der Waals surface area contributed by atoms with E-state index in [0.717, 1.165) is 26.2 Å². The van der Waals surface area contributed by atoms with Crippen LogP contribution in [0.1, 0.15) is 39.5 Å². The molecule has 0 spiro atoms. The second-order valence-corrected chi connectivity index (χ2v) is 6.64. The van der Waals surface area contributed by atoms with Crippen molar-refractivity contribution in [2.45, 2.75) is 45.6 Å². The number of hydrogen-bond donors (Lipinski definition) is 2. The largest absolute Gasteiger partial charge is 0.370 e. The van der Waals surface area contributed by atoms with Crippen molar-refractivity contribution in [3.8, 4) is 0 Å². The first-order valence-corrected chi connectivity index (χ1v) is 8.69. The zero-order valence-electron chi connectivity index (χ0n) is 13.9. The molecule has 5 nitrogen and oxygen atoms in total. The number of guanidine groups is 1. The highest BCUT2D eigenvalue weighted by molar-refractivity contribution is 5.77. The summed E-state index contributed by atoms with van der Waals surface area (Å²) in [5, 5.41) is 3.31. The van der Waals surface area contributed by atoms with Gasteiger partial charge in [0.25, 0.3) is 0 Å². The summed E-state index contributed by atoms with van der Waals surface area (Å²) in [6.07, 6.45) is 5.30. The smallest absolute Gasteiger partial charge is 0.188 e. The maximum absolute atomic E-state index is 6.00. The molecule has 0 aromatic rings. The summed E-state index contributed by atoms with van der Waals surface area (Å²) in [5.41, 5.74) is 6.00. The molecular formula is C16H33N5. The normalized spacial score (nSPS) is 26.4. The van der Waals surface area contributed by atoms with Gasteiger partial charge in [-0.15, -0.1) is 0 Å². The molecule has 3 N–H and O–H groups in total. The minimum absolute atomic E-state index is 0.585. The molecule has 2 fully saturated rings. The van der Waals surface area contributed by atoms with Crippen LogP contribution in [0.25, 0.3) is 0 Å². The maximum Gasteiger partial charge on any atom is 0.188 e. The Morgan fingerprint density at radius 1 is 1.29 bits per heavy atom. The van der Waals surface area contributed by atoms with Crippen molar-refractivity contribution in [3.05, 3.63) is 0 Å². The van der Waals surface area contributed by atoms with E-state index in [0.29, 0.717) is 17.9 Å². The van der Waals surface area contributed by atoms with Crippen molar-refractivity contribution in [2.75, 3.05) is 45.8 Å². The number of likely N-dealkylation sites (N-methyl/N-ethyl adjacent to an activating group) is 1. The molecule has 5 heteroatoms. The van der Waals surface area contributed by atoms with Gasteiger partial charge < -0.3 is 16.0 Å². The highest BCUT2D eigenvalue weighted by atomic mass is 15.2. The molecule has 0 aliphatic carbocycles. The summed E-state index contributed by atoms with van der Waals surface area (Å²) >= 11 is 0. The lowest BCUT2D eigenvalue weighted by atomic mass is 10.2. The number of rotatable bonds is 7. The lowest BCUT2D eigenvalue weighted by Gasteiger charge is -2.23. The van der Waals surface area contributed by atoms with Crippen LogP contribution in [0, 0.1) is 5.92 Å². The van der Waals surface area contributed by atoms with Crippen LogP contribution in [0.15, 0.2) is 4.99 Å². The number of hydrogen-bond acceptors (Lipinski definition) is 3. The number of likely N-dealkylation sites (tertiary alicyclic amines) is 2. The van der Waals surface area contributed by atoms with Crippen molar-refractivity contribution >= 4 is 5.96 Å². The van der Waals surface area contributed by atoms with Crippen molar-refractivity contribution in [1.82, 2.24) is 15.1 Å². The van der Waals surface area contributed by atoms with Crippen LogP contribution in [0.2, 0.25) is 0 Å². The van der Waals surface area contributed by atoms with E-state index in [1.807, 2.05) is 0 Å². The zero-order chi connectivity index (χ0) is 15.1. The van der Waals surface area contributed by atoms with Crippen molar-refractivity contribution < 1.29 is 0 Å². The maximum atomic E-state index is 6.00. The topological polar surface area (TPSA) is 56.9 Å². The molecule has 2 heterocycles. The predicted octanol–water partition coefficient (Wildman–Crippen LogP) is 1.11. The van der Waals surface area contributed by atoms with Gasteiger partial charge in [0, 0.05) is 25.7 Å². The van der Waals surface area contributed by atoms with Gasteiger partial charge in [-0.2, -0.15) is 0 Å². The Hall–Kier alpha value is -0.810. The van der Waals surface area contributed by atoms with Crippen molar-refractivity contribution in [1.29, 1.82) is 0 Å². The SMILES string of the molecule is CCN1CCCC1CNC(N)=NCC(C)CN1CCCC1. The Morgan fingerprint density at radius 2 is 2.05 bits per heavy atom. The molecular weight excluding hydrogens is 262 g/mol. The van der Waals surface area contributed by atoms with Crippen LogP contribution in [0.5, 0.6) is 0 Å². The molecule has 0 amide bonds. The lowest BCUT2D eigenvalue weighted by Crippen LogP contribution is -2.43. The molecule has 2 unspecified atom stereocenters. The summed E-state index contributed by atoms with van der Waals surface area (Å²) in [6, 6.07) is 0.630. The zero-order valence-corrected chi connectivity index (χ0v) is 13.9. The van der Waals surface area contributed by atoms with Gasteiger partial charge >= 0.3 is 0 Å². The molecule has 0 radical (unpaired) electrons. The van der Waals surface area contributed by atoms with Gasteiger partial charge in [0.1, 0.15) is 0 Å².